The van der Waals surface area contributed by atoms with Crippen molar-refractivity contribution in [1.29, 1.82) is 0 Å². The van der Waals surface area contributed by atoms with Crippen LogP contribution in [-0.4, -0.2) is 12.1 Å². The Morgan fingerprint density at radius 3 is 2.63 bits per heavy atom. The molecule has 1 aromatic rings. The molecular formula is C18H29N. The van der Waals surface area contributed by atoms with Crippen LogP contribution in [0.25, 0.3) is 0 Å². The van der Waals surface area contributed by atoms with Gasteiger partial charge in [0.15, 0.2) is 0 Å². The van der Waals surface area contributed by atoms with Gasteiger partial charge in [-0.3, -0.25) is 0 Å². The van der Waals surface area contributed by atoms with Crippen LogP contribution in [0, 0.1) is 5.92 Å². The molecule has 0 aliphatic heterocycles. The average Bonchev–Trinajstić information content (AvgIpc) is 2.47. The van der Waals surface area contributed by atoms with Crippen molar-refractivity contribution >= 4 is 0 Å². The van der Waals surface area contributed by atoms with Gasteiger partial charge < -0.3 is 5.32 Å². The zero-order valence-corrected chi connectivity index (χ0v) is 12.6. The molecule has 1 aliphatic rings. The first-order valence-corrected chi connectivity index (χ1v) is 8.09. The van der Waals surface area contributed by atoms with Crippen LogP contribution in [-0.2, 0) is 6.42 Å². The Morgan fingerprint density at radius 1 is 1.16 bits per heavy atom. The second kappa shape index (κ2) is 7.69. The summed E-state index contributed by atoms with van der Waals surface area (Å²) in [6.45, 7) is 4.70. The third kappa shape index (κ3) is 4.65. The Kier molecular flexibility index (Phi) is 5.91. The van der Waals surface area contributed by atoms with Gasteiger partial charge >= 0.3 is 0 Å². The van der Waals surface area contributed by atoms with E-state index in [1.165, 1.54) is 50.5 Å². The fourth-order valence-corrected chi connectivity index (χ4v) is 3.39. The predicted octanol–water partition coefficient (Wildman–Crippen LogP) is 4.57. The maximum absolute atomic E-state index is 3.89. The highest BCUT2D eigenvalue weighted by atomic mass is 15.0. The Labute approximate surface area is 118 Å². The summed E-state index contributed by atoms with van der Waals surface area (Å²) in [5.41, 5.74) is 1.46. The number of hydrogen-bond acceptors (Lipinski definition) is 1. The molecule has 0 spiro atoms. The molecule has 106 valence electrons. The zero-order chi connectivity index (χ0) is 13.5. The van der Waals surface area contributed by atoms with E-state index in [2.05, 4.69) is 49.5 Å². The van der Waals surface area contributed by atoms with Crippen LogP contribution in [0.1, 0.15) is 57.9 Å². The van der Waals surface area contributed by atoms with Crippen LogP contribution < -0.4 is 5.32 Å². The van der Waals surface area contributed by atoms with Gasteiger partial charge in [0.05, 0.1) is 0 Å². The summed E-state index contributed by atoms with van der Waals surface area (Å²) < 4.78 is 0. The summed E-state index contributed by atoms with van der Waals surface area (Å²) in [6, 6.07) is 12.3. The standard InChI is InChI=1S/C18H29N/c1-3-17-11-7-8-12-18(17)19-15(2)13-14-16-9-5-4-6-10-16/h4-6,9-10,15,17-19H,3,7-8,11-14H2,1-2H3. The summed E-state index contributed by atoms with van der Waals surface area (Å²) >= 11 is 0. The number of hydrogen-bond donors (Lipinski definition) is 1. The minimum atomic E-state index is 0.636. The van der Waals surface area contributed by atoms with E-state index in [0.29, 0.717) is 6.04 Å². The Balaban J connectivity index is 1.75. The molecule has 0 saturated heterocycles. The highest BCUT2D eigenvalue weighted by Crippen LogP contribution is 2.27. The first kappa shape index (κ1) is 14.6. The van der Waals surface area contributed by atoms with Crippen LogP contribution in [0.3, 0.4) is 0 Å². The second-order valence-corrected chi connectivity index (χ2v) is 6.15. The van der Waals surface area contributed by atoms with Gasteiger partial charge in [-0.05, 0) is 44.1 Å². The van der Waals surface area contributed by atoms with Crippen LogP contribution in [0.15, 0.2) is 30.3 Å². The molecule has 0 bridgehead atoms. The fraction of sp³-hybridized carbons (Fsp3) is 0.667. The second-order valence-electron chi connectivity index (χ2n) is 6.15. The first-order chi connectivity index (χ1) is 9.29. The van der Waals surface area contributed by atoms with Crippen molar-refractivity contribution < 1.29 is 0 Å². The number of benzene rings is 1. The molecule has 0 radical (unpaired) electrons. The summed E-state index contributed by atoms with van der Waals surface area (Å²) in [5.74, 6) is 0.910. The van der Waals surface area contributed by atoms with E-state index < -0.39 is 0 Å². The van der Waals surface area contributed by atoms with E-state index >= 15 is 0 Å². The van der Waals surface area contributed by atoms with Gasteiger partial charge in [-0.15, -0.1) is 0 Å². The van der Waals surface area contributed by atoms with E-state index in [1.54, 1.807) is 0 Å². The molecule has 1 fully saturated rings. The van der Waals surface area contributed by atoms with Crippen molar-refractivity contribution in [3.63, 3.8) is 0 Å². The maximum atomic E-state index is 3.89. The Morgan fingerprint density at radius 2 is 1.89 bits per heavy atom. The van der Waals surface area contributed by atoms with Gasteiger partial charge in [-0.25, -0.2) is 0 Å². The summed E-state index contributed by atoms with van der Waals surface area (Å²) in [6.07, 6.45) is 9.45. The molecule has 1 saturated carbocycles. The van der Waals surface area contributed by atoms with Crippen LogP contribution >= 0.6 is 0 Å². The summed E-state index contributed by atoms with van der Waals surface area (Å²) in [7, 11) is 0. The average molecular weight is 259 g/mol. The lowest BCUT2D eigenvalue weighted by Crippen LogP contribution is -2.43. The van der Waals surface area contributed by atoms with Crippen molar-refractivity contribution in [2.75, 3.05) is 0 Å². The molecule has 1 aromatic carbocycles. The fourth-order valence-electron chi connectivity index (χ4n) is 3.39. The minimum Gasteiger partial charge on any atom is -0.311 e. The van der Waals surface area contributed by atoms with Crippen LogP contribution in [0.4, 0.5) is 0 Å². The monoisotopic (exact) mass is 259 g/mol. The first-order valence-electron chi connectivity index (χ1n) is 8.09. The molecule has 0 aromatic heterocycles. The van der Waals surface area contributed by atoms with Gasteiger partial charge in [-0.1, -0.05) is 56.5 Å². The lowest BCUT2D eigenvalue weighted by Gasteiger charge is -2.34. The van der Waals surface area contributed by atoms with Gasteiger partial charge in [0, 0.05) is 12.1 Å². The van der Waals surface area contributed by atoms with Crippen molar-refractivity contribution in [1.82, 2.24) is 5.32 Å². The van der Waals surface area contributed by atoms with E-state index in [0.717, 1.165) is 12.0 Å². The van der Waals surface area contributed by atoms with E-state index in [4.69, 9.17) is 0 Å². The Hall–Kier alpha value is -0.820. The number of rotatable bonds is 6. The van der Waals surface area contributed by atoms with Crippen molar-refractivity contribution in [2.24, 2.45) is 5.92 Å². The summed E-state index contributed by atoms with van der Waals surface area (Å²) in [5, 5.41) is 3.89. The molecular weight excluding hydrogens is 230 g/mol. The number of aryl methyl sites for hydroxylation is 1. The smallest absolute Gasteiger partial charge is 0.00977 e. The third-order valence-electron chi connectivity index (χ3n) is 4.64. The molecule has 3 unspecified atom stereocenters. The van der Waals surface area contributed by atoms with Crippen molar-refractivity contribution in [3.05, 3.63) is 35.9 Å². The third-order valence-corrected chi connectivity index (χ3v) is 4.64. The lowest BCUT2D eigenvalue weighted by molar-refractivity contribution is 0.237. The summed E-state index contributed by atoms with van der Waals surface area (Å²) in [4.78, 5) is 0. The Bertz CT molecular complexity index is 346. The van der Waals surface area contributed by atoms with Crippen molar-refractivity contribution in [2.45, 2.75) is 70.9 Å². The number of nitrogens with one attached hydrogen (secondary N) is 1. The van der Waals surface area contributed by atoms with Gasteiger partial charge in [0.1, 0.15) is 0 Å². The minimum absolute atomic E-state index is 0.636. The quantitative estimate of drug-likeness (QED) is 0.789. The SMILES string of the molecule is CCC1CCCCC1NC(C)CCc1ccccc1. The highest BCUT2D eigenvalue weighted by Gasteiger charge is 2.24. The molecule has 1 aliphatic carbocycles. The molecule has 1 N–H and O–H groups in total. The molecule has 3 atom stereocenters. The van der Waals surface area contributed by atoms with E-state index in [-0.39, 0.29) is 0 Å². The highest BCUT2D eigenvalue weighted by molar-refractivity contribution is 5.14. The topological polar surface area (TPSA) is 12.0 Å². The largest absolute Gasteiger partial charge is 0.311 e. The van der Waals surface area contributed by atoms with E-state index in [1.807, 2.05) is 0 Å². The normalized spacial score (nSPS) is 25.2. The van der Waals surface area contributed by atoms with Crippen LogP contribution in [0.5, 0.6) is 0 Å². The predicted molar refractivity (Wildman–Crippen MR) is 83.4 cm³/mol. The maximum Gasteiger partial charge on any atom is 0.00977 e. The molecule has 1 heteroatoms. The van der Waals surface area contributed by atoms with Gasteiger partial charge in [0.25, 0.3) is 0 Å². The molecule has 1 nitrogen and oxygen atoms in total. The molecule has 19 heavy (non-hydrogen) atoms. The van der Waals surface area contributed by atoms with Crippen LogP contribution in [0.2, 0.25) is 0 Å². The molecule has 0 heterocycles. The lowest BCUT2D eigenvalue weighted by atomic mass is 9.82. The molecule has 2 rings (SSSR count). The van der Waals surface area contributed by atoms with Gasteiger partial charge in [-0.2, -0.15) is 0 Å². The van der Waals surface area contributed by atoms with Crippen molar-refractivity contribution in [3.8, 4) is 0 Å². The van der Waals surface area contributed by atoms with E-state index in [9.17, 15) is 0 Å². The molecule has 0 amide bonds. The zero-order valence-electron chi connectivity index (χ0n) is 12.6. The van der Waals surface area contributed by atoms with Gasteiger partial charge in [0.2, 0.25) is 0 Å².